The lowest BCUT2D eigenvalue weighted by atomic mass is 10.2. The van der Waals surface area contributed by atoms with Crippen molar-refractivity contribution in [1.82, 2.24) is 19.6 Å². The Labute approximate surface area is 176 Å². The minimum absolute atomic E-state index is 0.0156. The molecule has 0 amide bonds. The van der Waals surface area contributed by atoms with E-state index in [0.29, 0.717) is 52.4 Å². The molecule has 0 aromatic heterocycles. The van der Waals surface area contributed by atoms with Gasteiger partial charge in [-0.15, -0.1) is 0 Å². The third-order valence-electron chi connectivity index (χ3n) is 5.57. The molecule has 1 aliphatic heterocycles. The minimum Gasteiger partial charge on any atom is -0.480 e. The maximum atomic E-state index is 11.9. The Kier molecular flexibility index (Phi) is 10.9. The van der Waals surface area contributed by atoms with Crippen molar-refractivity contribution >= 4 is 23.7 Å². The molecule has 0 spiro atoms. The largest absolute Gasteiger partial charge is 0.480 e. The summed E-state index contributed by atoms with van der Waals surface area (Å²) in [6.45, 7) is 7.57. The first kappa shape index (κ1) is 26.0. The van der Waals surface area contributed by atoms with E-state index in [0.717, 1.165) is 0 Å². The van der Waals surface area contributed by atoms with E-state index in [1.807, 2.05) is 4.90 Å². The number of rotatable bonds is 8. The Hall–Kier alpha value is -2.08. The highest BCUT2D eigenvalue weighted by molar-refractivity contribution is 5.81. The molecular weight excluding hydrogens is 396 g/mol. The van der Waals surface area contributed by atoms with Gasteiger partial charge in [0.05, 0.1) is 19.1 Å². The van der Waals surface area contributed by atoms with Crippen LogP contribution in [0.4, 0.5) is 0 Å². The number of ketones is 1. The average molecular weight is 431 g/mol. The molecule has 1 aliphatic rings. The minimum atomic E-state index is -0.988. The number of carboxylic acid groups (broad SMARTS) is 3. The topological polar surface area (TPSA) is 142 Å². The summed E-state index contributed by atoms with van der Waals surface area (Å²) in [5, 5.41) is 27.8. The van der Waals surface area contributed by atoms with E-state index < -0.39 is 23.9 Å². The first-order valence-electron chi connectivity index (χ1n) is 10.1. The van der Waals surface area contributed by atoms with Gasteiger partial charge in [0.25, 0.3) is 0 Å². The lowest BCUT2D eigenvalue weighted by Crippen LogP contribution is -2.52. The molecule has 2 atom stereocenters. The molecule has 172 valence electrons. The summed E-state index contributed by atoms with van der Waals surface area (Å²) in [6, 6.07) is -1.14. The van der Waals surface area contributed by atoms with Crippen molar-refractivity contribution in [3.8, 4) is 0 Å². The molecule has 1 rings (SSSR count). The smallest absolute Gasteiger partial charge is 0.320 e. The van der Waals surface area contributed by atoms with E-state index in [-0.39, 0.29) is 24.9 Å². The fourth-order valence-electron chi connectivity index (χ4n) is 3.41. The molecule has 2 unspecified atom stereocenters. The van der Waals surface area contributed by atoms with Crippen molar-refractivity contribution < 1.29 is 34.5 Å². The first-order valence-corrected chi connectivity index (χ1v) is 10.1. The number of nitrogens with zero attached hydrogens (tertiary/aromatic N) is 4. The Balaban J connectivity index is 3.06. The Morgan fingerprint density at radius 1 is 0.667 bits per heavy atom. The van der Waals surface area contributed by atoms with Crippen LogP contribution in [0.2, 0.25) is 0 Å². The van der Waals surface area contributed by atoms with Gasteiger partial charge in [-0.05, 0) is 20.8 Å². The van der Waals surface area contributed by atoms with Crippen molar-refractivity contribution in [3.05, 3.63) is 0 Å². The summed E-state index contributed by atoms with van der Waals surface area (Å²) in [5.74, 6) is -2.95. The van der Waals surface area contributed by atoms with Gasteiger partial charge >= 0.3 is 17.9 Å². The van der Waals surface area contributed by atoms with Crippen LogP contribution >= 0.6 is 0 Å². The number of carboxylic acids is 3. The number of carbonyl (C=O) groups is 4. The normalized spacial score (nSPS) is 21.2. The molecule has 0 aromatic carbocycles. The third-order valence-corrected chi connectivity index (χ3v) is 5.57. The van der Waals surface area contributed by atoms with Crippen molar-refractivity contribution in [2.75, 3.05) is 65.4 Å². The van der Waals surface area contributed by atoms with Gasteiger partial charge in [0.2, 0.25) is 0 Å². The number of hydrogen-bond acceptors (Lipinski definition) is 8. The van der Waals surface area contributed by atoms with Crippen LogP contribution in [-0.4, -0.2) is 136 Å². The van der Waals surface area contributed by atoms with Gasteiger partial charge in [0, 0.05) is 52.4 Å². The Morgan fingerprint density at radius 3 is 1.27 bits per heavy atom. The monoisotopic (exact) mass is 430 g/mol. The molecule has 11 nitrogen and oxygen atoms in total. The number of carbonyl (C=O) groups excluding carboxylic acids is 1. The molecule has 0 aromatic rings. The van der Waals surface area contributed by atoms with E-state index in [1.54, 1.807) is 28.5 Å². The molecule has 1 fully saturated rings. The second-order valence-electron chi connectivity index (χ2n) is 7.71. The average Bonchev–Trinajstić information content (AvgIpc) is 2.64. The van der Waals surface area contributed by atoms with Crippen molar-refractivity contribution in [2.24, 2.45) is 0 Å². The van der Waals surface area contributed by atoms with Crippen molar-refractivity contribution in [3.63, 3.8) is 0 Å². The van der Waals surface area contributed by atoms with Gasteiger partial charge in [-0.1, -0.05) is 0 Å². The number of Topliss-reactive ketones (excluding diaryl/α,β-unsaturated/α-hetero) is 1. The van der Waals surface area contributed by atoms with Crippen LogP contribution in [0.5, 0.6) is 0 Å². The van der Waals surface area contributed by atoms with Crippen LogP contribution in [-0.2, 0) is 19.2 Å². The molecule has 1 heterocycles. The van der Waals surface area contributed by atoms with E-state index in [1.165, 1.54) is 6.92 Å². The summed E-state index contributed by atoms with van der Waals surface area (Å²) in [6.07, 6.45) is 0. The molecule has 0 bridgehead atoms. The SMILES string of the molecule is CC(=O)C(C)N1CCN(CC(=O)O)CCN(C(C)C(=O)O)CCN(CC(=O)O)CC1. The van der Waals surface area contributed by atoms with Crippen LogP contribution in [0.15, 0.2) is 0 Å². The number of aliphatic carboxylic acids is 3. The first-order chi connectivity index (χ1) is 14.0. The third kappa shape index (κ3) is 9.16. The van der Waals surface area contributed by atoms with Gasteiger partial charge in [0.1, 0.15) is 11.8 Å². The molecule has 0 saturated carbocycles. The summed E-state index contributed by atoms with van der Waals surface area (Å²) in [7, 11) is 0. The predicted molar refractivity (Wildman–Crippen MR) is 109 cm³/mol. The summed E-state index contributed by atoms with van der Waals surface area (Å²) >= 11 is 0. The van der Waals surface area contributed by atoms with Gasteiger partial charge in [-0.3, -0.25) is 38.8 Å². The maximum Gasteiger partial charge on any atom is 0.320 e. The molecule has 3 N–H and O–H groups in total. The molecule has 30 heavy (non-hydrogen) atoms. The predicted octanol–water partition coefficient (Wildman–Crippen LogP) is -1.17. The van der Waals surface area contributed by atoms with Crippen molar-refractivity contribution in [1.29, 1.82) is 0 Å². The highest BCUT2D eigenvalue weighted by Crippen LogP contribution is 2.07. The summed E-state index contributed by atoms with van der Waals surface area (Å²) in [5.41, 5.74) is 0. The van der Waals surface area contributed by atoms with Gasteiger partial charge in [0.15, 0.2) is 0 Å². The van der Waals surface area contributed by atoms with Crippen LogP contribution < -0.4 is 0 Å². The zero-order valence-electron chi connectivity index (χ0n) is 18.0. The lowest BCUT2D eigenvalue weighted by Gasteiger charge is -2.36. The van der Waals surface area contributed by atoms with Crippen LogP contribution in [0.1, 0.15) is 20.8 Å². The summed E-state index contributed by atoms with van der Waals surface area (Å²) in [4.78, 5) is 53.0. The Bertz CT molecular complexity index is 548. The van der Waals surface area contributed by atoms with E-state index in [2.05, 4.69) is 0 Å². The lowest BCUT2D eigenvalue weighted by molar-refractivity contribution is -0.144. The molecule has 0 aliphatic carbocycles. The van der Waals surface area contributed by atoms with Crippen LogP contribution in [0.25, 0.3) is 0 Å². The van der Waals surface area contributed by atoms with Gasteiger partial charge in [-0.2, -0.15) is 0 Å². The van der Waals surface area contributed by atoms with Gasteiger partial charge < -0.3 is 15.3 Å². The van der Waals surface area contributed by atoms with Crippen LogP contribution in [0.3, 0.4) is 0 Å². The fourth-order valence-corrected chi connectivity index (χ4v) is 3.41. The second kappa shape index (κ2) is 12.6. The Morgan fingerprint density at radius 2 is 1.00 bits per heavy atom. The van der Waals surface area contributed by atoms with Crippen molar-refractivity contribution in [2.45, 2.75) is 32.9 Å². The second-order valence-corrected chi connectivity index (χ2v) is 7.71. The fraction of sp³-hybridized carbons (Fsp3) is 0.789. The quantitative estimate of drug-likeness (QED) is 0.429. The highest BCUT2D eigenvalue weighted by Gasteiger charge is 2.26. The van der Waals surface area contributed by atoms with E-state index in [9.17, 15) is 34.5 Å². The molecule has 11 heteroatoms. The molecular formula is C19H34N4O7. The number of hydrogen-bond donors (Lipinski definition) is 3. The molecule has 0 radical (unpaired) electrons. The van der Waals surface area contributed by atoms with E-state index in [4.69, 9.17) is 0 Å². The van der Waals surface area contributed by atoms with E-state index >= 15 is 0 Å². The zero-order valence-corrected chi connectivity index (χ0v) is 18.0. The highest BCUT2D eigenvalue weighted by atomic mass is 16.4. The maximum absolute atomic E-state index is 11.9. The van der Waals surface area contributed by atoms with Gasteiger partial charge in [-0.25, -0.2) is 0 Å². The summed E-state index contributed by atoms with van der Waals surface area (Å²) < 4.78 is 0. The zero-order chi connectivity index (χ0) is 22.8. The standard InChI is InChI=1S/C19H34N4O7/c1-14(16(3)24)22-8-4-20(12-17(25)26)6-10-23(15(2)19(29)30)11-7-21(5-9-22)13-18(27)28/h14-15H,4-13H2,1-3H3,(H,25,26)(H,27,28)(H,29,30). The van der Waals surface area contributed by atoms with Crippen LogP contribution in [0, 0.1) is 0 Å². The molecule has 1 saturated heterocycles.